The zero-order valence-corrected chi connectivity index (χ0v) is 18.4. The predicted octanol–water partition coefficient (Wildman–Crippen LogP) is 3.25. The van der Waals surface area contributed by atoms with Crippen molar-refractivity contribution < 1.29 is 28.3 Å². The van der Waals surface area contributed by atoms with Crippen LogP contribution in [0.2, 0.25) is 0 Å². The van der Waals surface area contributed by atoms with Crippen molar-refractivity contribution in [3.63, 3.8) is 0 Å². The summed E-state index contributed by atoms with van der Waals surface area (Å²) in [6.45, 7) is 4.54. The minimum atomic E-state index is -1.27. The normalized spacial score (nSPS) is 21.3. The summed E-state index contributed by atoms with van der Waals surface area (Å²) < 4.78 is 35.4. The van der Waals surface area contributed by atoms with Gasteiger partial charge in [0.25, 0.3) is 0 Å². The lowest BCUT2D eigenvalue weighted by Crippen LogP contribution is -2.34. The molecule has 2 aromatic rings. The highest BCUT2D eigenvalue weighted by molar-refractivity contribution is 7.91. The molecule has 0 spiro atoms. The highest BCUT2D eigenvalue weighted by atomic mass is 32.2. The number of hydrogen-bond acceptors (Lipinski definition) is 6. The highest BCUT2D eigenvalue weighted by Crippen LogP contribution is 2.30. The van der Waals surface area contributed by atoms with Gasteiger partial charge >= 0.3 is 5.97 Å². The smallest absolute Gasteiger partial charge is 0.309 e. The molecule has 3 rings (SSSR count). The molecule has 1 heterocycles. The molecule has 0 aromatic heterocycles. The van der Waals surface area contributed by atoms with Crippen LogP contribution in [-0.2, 0) is 47.9 Å². The van der Waals surface area contributed by atoms with Crippen LogP contribution in [0.3, 0.4) is 0 Å². The van der Waals surface area contributed by atoms with Gasteiger partial charge in [0.05, 0.1) is 26.7 Å². The monoisotopic (exact) mass is 432 g/mol. The minimum absolute atomic E-state index is 0.192. The lowest BCUT2D eigenvalue weighted by atomic mass is 10.2. The average Bonchev–Trinajstić information content (AvgIpc) is 3.02. The molecule has 0 bridgehead atoms. The summed E-state index contributed by atoms with van der Waals surface area (Å²) in [6, 6.07) is 17.1. The predicted molar refractivity (Wildman–Crippen MR) is 113 cm³/mol. The number of methoxy groups -OCH3 is 1. The van der Waals surface area contributed by atoms with E-state index in [1.165, 1.54) is 7.11 Å². The number of hydrogen-bond donors (Lipinski definition) is 0. The molecule has 1 saturated heterocycles. The zero-order chi connectivity index (χ0) is 21.6. The minimum Gasteiger partial charge on any atom is -0.611 e. The van der Waals surface area contributed by atoms with Crippen LogP contribution in [0.25, 0.3) is 0 Å². The lowest BCUT2D eigenvalue weighted by Gasteiger charge is -2.19. The maximum atomic E-state index is 12.9. The number of carbonyl (C=O) groups is 1. The van der Waals surface area contributed by atoms with Gasteiger partial charge in [-0.05, 0) is 48.3 Å². The van der Waals surface area contributed by atoms with Gasteiger partial charge in [0, 0.05) is 0 Å². The van der Waals surface area contributed by atoms with Crippen molar-refractivity contribution in [1.29, 1.82) is 0 Å². The molecule has 3 atom stereocenters. The molecular formula is C23H28O6S. The van der Waals surface area contributed by atoms with Crippen molar-refractivity contribution in [2.75, 3.05) is 19.5 Å². The van der Waals surface area contributed by atoms with Crippen molar-refractivity contribution in [3.05, 3.63) is 65.7 Å². The van der Waals surface area contributed by atoms with E-state index < -0.39 is 17.0 Å². The van der Waals surface area contributed by atoms with E-state index >= 15 is 0 Å². The summed E-state index contributed by atoms with van der Waals surface area (Å²) in [6.07, 6.45) is -0.449. The molecule has 0 N–H and O–H groups in total. The van der Waals surface area contributed by atoms with Crippen molar-refractivity contribution in [1.82, 2.24) is 0 Å². The Kier molecular flexibility index (Phi) is 7.91. The molecule has 0 radical (unpaired) electrons. The quantitative estimate of drug-likeness (QED) is 0.447. The van der Waals surface area contributed by atoms with Gasteiger partial charge < -0.3 is 23.5 Å². The molecule has 30 heavy (non-hydrogen) atoms. The number of esters is 1. The molecular weight excluding hydrogens is 404 g/mol. The second kappa shape index (κ2) is 10.4. The molecule has 1 fully saturated rings. The lowest BCUT2D eigenvalue weighted by molar-refractivity contribution is -0.150. The fourth-order valence-corrected chi connectivity index (χ4v) is 4.52. The molecule has 7 heteroatoms. The molecule has 0 saturated carbocycles. The number of carbonyl (C=O) groups excluding carboxylic acids is 1. The molecule has 6 nitrogen and oxygen atoms in total. The molecule has 3 unspecified atom stereocenters. The fraction of sp³-hybridized carbons (Fsp3) is 0.435. The van der Waals surface area contributed by atoms with Gasteiger partial charge in [-0.3, -0.25) is 4.79 Å². The summed E-state index contributed by atoms with van der Waals surface area (Å²) in [5, 5.41) is 0. The van der Waals surface area contributed by atoms with E-state index in [-0.39, 0.29) is 24.6 Å². The van der Waals surface area contributed by atoms with Crippen LogP contribution in [-0.4, -0.2) is 48.0 Å². The van der Waals surface area contributed by atoms with Gasteiger partial charge in [-0.15, -0.1) is 0 Å². The van der Waals surface area contributed by atoms with Gasteiger partial charge in [-0.25, -0.2) is 0 Å². The Bertz CT molecular complexity index is 808. The third-order valence-corrected chi connectivity index (χ3v) is 6.19. The van der Waals surface area contributed by atoms with Crippen molar-refractivity contribution in [2.45, 2.75) is 49.8 Å². The standard InChI is InChI=1S/C23H28O6S/c1-23(2)28-20(15-27-14-18-7-5-4-6-8-18)21(29-23)16-30(25)19-11-9-17(10-12-19)13-22(24)26-3/h4-12,20-21H,13-16H2,1-3H3. The van der Waals surface area contributed by atoms with E-state index in [1.807, 2.05) is 44.2 Å². The van der Waals surface area contributed by atoms with Crippen molar-refractivity contribution >= 4 is 17.1 Å². The van der Waals surface area contributed by atoms with Crippen LogP contribution in [0, 0.1) is 0 Å². The van der Waals surface area contributed by atoms with E-state index in [0.717, 1.165) is 11.1 Å². The Morgan fingerprint density at radius 1 is 1.03 bits per heavy atom. The average molecular weight is 433 g/mol. The first kappa shape index (κ1) is 22.8. The van der Waals surface area contributed by atoms with E-state index in [9.17, 15) is 9.35 Å². The maximum absolute atomic E-state index is 12.9. The van der Waals surface area contributed by atoms with E-state index in [0.29, 0.717) is 23.9 Å². The largest absolute Gasteiger partial charge is 0.611 e. The summed E-state index contributed by atoms with van der Waals surface area (Å²) in [5.41, 5.74) is 1.90. The second-order valence-electron chi connectivity index (χ2n) is 7.62. The Morgan fingerprint density at radius 2 is 1.70 bits per heavy atom. The van der Waals surface area contributed by atoms with Gasteiger partial charge in [0.2, 0.25) is 0 Å². The second-order valence-corrected chi connectivity index (χ2v) is 9.12. The van der Waals surface area contributed by atoms with Crippen molar-refractivity contribution in [3.8, 4) is 0 Å². The Morgan fingerprint density at radius 3 is 2.37 bits per heavy atom. The van der Waals surface area contributed by atoms with Crippen LogP contribution in [0.4, 0.5) is 0 Å². The van der Waals surface area contributed by atoms with E-state index in [1.54, 1.807) is 24.3 Å². The third kappa shape index (κ3) is 6.55. The first-order valence-corrected chi connectivity index (χ1v) is 11.2. The van der Waals surface area contributed by atoms with Crippen LogP contribution in [0.15, 0.2) is 59.5 Å². The Hall–Kier alpha value is -1.90. The van der Waals surface area contributed by atoms with Gasteiger partial charge in [0.1, 0.15) is 18.0 Å². The van der Waals surface area contributed by atoms with Crippen LogP contribution in [0.1, 0.15) is 25.0 Å². The van der Waals surface area contributed by atoms with Crippen LogP contribution >= 0.6 is 0 Å². The van der Waals surface area contributed by atoms with Crippen molar-refractivity contribution in [2.24, 2.45) is 0 Å². The van der Waals surface area contributed by atoms with Gasteiger partial charge in [-0.2, -0.15) is 0 Å². The topological polar surface area (TPSA) is 77.1 Å². The molecule has 162 valence electrons. The highest BCUT2D eigenvalue weighted by Gasteiger charge is 2.43. The SMILES string of the molecule is COC(=O)Cc1ccc([S+]([O-])CC2OC(C)(C)OC2COCc2ccccc2)cc1. The Balaban J connectivity index is 1.56. The molecule has 0 aliphatic carbocycles. The number of ether oxygens (including phenoxy) is 4. The molecule has 2 aromatic carbocycles. The summed E-state index contributed by atoms with van der Waals surface area (Å²) >= 11 is -1.27. The Labute approximate surface area is 180 Å². The molecule has 1 aliphatic rings. The fourth-order valence-electron chi connectivity index (χ4n) is 3.30. The van der Waals surface area contributed by atoms with E-state index in [2.05, 4.69) is 4.74 Å². The number of rotatable bonds is 9. The molecule has 1 aliphatic heterocycles. The van der Waals surface area contributed by atoms with Gasteiger partial charge in [-0.1, -0.05) is 42.5 Å². The van der Waals surface area contributed by atoms with E-state index in [4.69, 9.17) is 14.2 Å². The number of benzene rings is 2. The third-order valence-electron chi connectivity index (χ3n) is 4.76. The molecule has 0 amide bonds. The van der Waals surface area contributed by atoms with Crippen LogP contribution in [0.5, 0.6) is 0 Å². The van der Waals surface area contributed by atoms with Gasteiger partial charge in [0.15, 0.2) is 10.7 Å². The summed E-state index contributed by atoms with van der Waals surface area (Å²) in [4.78, 5) is 12.1. The zero-order valence-electron chi connectivity index (χ0n) is 17.5. The van der Waals surface area contributed by atoms with Crippen LogP contribution < -0.4 is 0 Å². The maximum Gasteiger partial charge on any atom is 0.309 e. The summed E-state index contributed by atoms with van der Waals surface area (Å²) in [5.74, 6) is -0.750. The first-order chi connectivity index (χ1) is 14.4. The summed E-state index contributed by atoms with van der Waals surface area (Å²) in [7, 11) is 1.36. The first-order valence-electron chi connectivity index (χ1n) is 9.88.